The first kappa shape index (κ1) is 30.7. The molecule has 0 amide bonds. The normalized spacial score (nSPS) is 17.4. The maximum Gasteiger partial charge on any atom is 0.232 e. The Morgan fingerprint density at radius 2 is 1.65 bits per heavy atom. The minimum absolute atomic E-state index is 0.0253. The van der Waals surface area contributed by atoms with Crippen molar-refractivity contribution in [1.29, 1.82) is 0 Å². The minimum Gasteiger partial charge on any atom is -0.342 e. The number of imidazole rings is 1. The van der Waals surface area contributed by atoms with Gasteiger partial charge in [0.1, 0.15) is 17.5 Å². The summed E-state index contributed by atoms with van der Waals surface area (Å²) < 4.78 is 53.6. The molecule has 0 atom stereocenters. The predicted molar refractivity (Wildman–Crippen MR) is 148 cm³/mol. The van der Waals surface area contributed by atoms with Crippen molar-refractivity contribution in [1.82, 2.24) is 15.3 Å². The van der Waals surface area contributed by atoms with E-state index in [0.717, 1.165) is 55.5 Å². The number of rotatable bonds is 9. The fourth-order valence-electron chi connectivity index (χ4n) is 4.49. The molecule has 7 nitrogen and oxygen atoms in total. The number of sulfonamides is 1. The summed E-state index contributed by atoms with van der Waals surface area (Å²) in [5.74, 6) is 0.957. The highest BCUT2D eigenvalue weighted by Crippen LogP contribution is 2.31. The van der Waals surface area contributed by atoms with Crippen LogP contribution in [0.3, 0.4) is 0 Å². The first-order valence-electron chi connectivity index (χ1n) is 13.0. The summed E-state index contributed by atoms with van der Waals surface area (Å²) in [6, 6.07) is 9.28. The first-order chi connectivity index (χ1) is 17.8. The number of nitrogens with two attached hydrogens (primary N) is 1. The monoisotopic (exact) mass is 537 g/mol. The molecular weight excluding hydrogens is 496 g/mol. The lowest BCUT2D eigenvalue weighted by Gasteiger charge is -2.28. The number of benzene rings is 2. The van der Waals surface area contributed by atoms with Crippen molar-refractivity contribution >= 4 is 26.7 Å². The Hall–Kier alpha value is -2.56. The summed E-state index contributed by atoms with van der Waals surface area (Å²) in [5, 5.41) is 3.21. The van der Waals surface area contributed by atoms with Crippen LogP contribution in [0.15, 0.2) is 36.4 Å². The Morgan fingerprint density at radius 3 is 2.27 bits per heavy atom. The fraction of sp³-hybridized carbons (Fsp3) is 0.519. The van der Waals surface area contributed by atoms with Crippen LogP contribution in [-0.2, 0) is 23.0 Å². The van der Waals surface area contributed by atoms with Crippen LogP contribution in [0.2, 0.25) is 0 Å². The SMILES string of the molecule is CC.CCS(=O)(=O)Nc1ccc2nc(CC3CCC(CNCc4c(F)cccc4F)CC3)[nH]c2c1.CN. The topological polar surface area (TPSA) is 113 Å². The second kappa shape index (κ2) is 15.0. The number of fused-ring (bicyclic) bond motifs is 1. The molecule has 3 aromatic rings. The number of anilines is 1. The summed E-state index contributed by atoms with van der Waals surface area (Å²) in [4.78, 5) is 8.00. The van der Waals surface area contributed by atoms with Crippen LogP contribution in [0.25, 0.3) is 11.0 Å². The van der Waals surface area contributed by atoms with E-state index in [1.807, 2.05) is 19.9 Å². The molecule has 0 unspecified atom stereocenters. The number of hydrogen-bond acceptors (Lipinski definition) is 5. The van der Waals surface area contributed by atoms with Gasteiger partial charge in [-0.25, -0.2) is 22.2 Å². The summed E-state index contributed by atoms with van der Waals surface area (Å²) in [6.45, 7) is 6.55. The summed E-state index contributed by atoms with van der Waals surface area (Å²) in [7, 11) is -1.82. The molecule has 1 aliphatic carbocycles. The van der Waals surface area contributed by atoms with E-state index in [4.69, 9.17) is 0 Å². The van der Waals surface area contributed by atoms with E-state index in [2.05, 4.69) is 25.7 Å². The summed E-state index contributed by atoms with van der Waals surface area (Å²) in [6.07, 6.45) is 5.16. The molecule has 0 bridgehead atoms. The quantitative estimate of drug-likeness (QED) is 0.294. The highest BCUT2D eigenvalue weighted by Gasteiger charge is 2.22. The van der Waals surface area contributed by atoms with Gasteiger partial charge in [0.05, 0.1) is 22.5 Å². The van der Waals surface area contributed by atoms with Gasteiger partial charge in [-0.05, 0) is 88.4 Å². The van der Waals surface area contributed by atoms with Crippen LogP contribution in [0.1, 0.15) is 57.8 Å². The number of nitrogens with one attached hydrogen (secondary N) is 3. The van der Waals surface area contributed by atoms with Crippen molar-refractivity contribution in [2.45, 2.75) is 59.4 Å². The largest absolute Gasteiger partial charge is 0.342 e. The molecular formula is C27H41F2N5O2S. The molecule has 0 radical (unpaired) electrons. The van der Waals surface area contributed by atoms with E-state index < -0.39 is 21.7 Å². The van der Waals surface area contributed by atoms with E-state index in [1.54, 1.807) is 19.1 Å². The fourth-order valence-corrected chi connectivity index (χ4v) is 5.12. The number of hydrogen-bond donors (Lipinski definition) is 4. The lowest BCUT2D eigenvalue weighted by molar-refractivity contribution is 0.263. The molecule has 2 aromatic carbocycles. The number of aromatic amines is 1. The number of aromatic nitrogens is 2. The molecule has 206 valence electrons. The molecule has 0 aliphatic heterocycles. The summed E-state index contributed by atoms with van der Waals surface area (Å²) in [5.41, 5.74) is 6.77. The lowest BCUT2D eigenvalue weighted by Crippen LogP contribution is -2.27. The Balaban J connectivity index is 0.00000115. The third-order valence-corrected chi connectivity index (χ3v) is 7.74. The Bertz CT molecular complexity index is 1190. The third-order valence-electron chi connectivity index (χ3n) is 6.43. The van der Waals surface area contributed by atoms with Gasteiger partial charge in [0.25, 0.3) is 0 Å². The highest BCUT2D eigenvalue weighted by atomic mass is 32.2. The zero-order valence-electron chi connectivity index (χ0n) is 22.3. The van der Waals surface area contributed by atoms with Gasteiger partial charge in [-0.1, -0.05) is 19.9 Å². The molecule has 10 heteroatoms. The highest BCUT2D eigenvalue weighted by molar-refractivity contribution is 7.92. The molecule has 0 saturated heterocycles. The second-order valence-electron chi connectivity index (χ2n) is 8.84. The standard InChI is InChI=1S/C24H30F2N4O2S.C2H6.CH5N/c1-2-33(31,32)30-18-10-11-22-23(13-18)29-24(28-22)12-16-6-8-17(9-7-16)14-27-15-19-20(25)4-3-5-21(19)26;2*1-2/h3-5,10-11,13,16-17,27,30H,2,6-9,12,14-15H2,1H3,(H,28,29);1-2H3;2H2,1H3. The average Bonchev–Trinajstić information content (AvgIpc) is 3.30. The van der Waals surface area contributed by atoms with Crippen molar-refractivity contribution in [3.63, 3.8) is 0 Å². The predicted octanol–water partition coefficient (Wildman–Crippen LogP) is 5.34. The van der Waals surface area contributed by atoms with Crippen molar-refractivity contribution in [2.75, 3.05) is 24.1 Å². The zero-order valence-corrected chi connectivity index (χ0v) is 23.1. The van der Waals surface area contributed by atoms with Crippen molar-refractivity contribution in [3.05, 3.63) is 59.4 Å². The third kappa shape index (κ3) is 9.05. The maximum atomic E-state index is 13.7. The molecule has 1 aromatic heterocycles. The van der Waals surface area contributed by atoms with Gasteiger partial charge >= 0.3 is 0 Å². The van der Waals surface area contributed by atoms with Crippen LogP contribution >= 0.6 is 0 Å². The number of nitrogens with zero attached hydrogens (tertiary/aromatic N) is 1. The van der Waals surface area contributed by atoms with Crippen molar-refractivity contribution in [3.8, 4) is 0 Å². The van der Waals surface area contributed by atoms with Gasteiger partial charge in [0.2, 0.25) is 10.0 Å². The Labute approximate surface area is 219 Å². The number of H-pyrrole nitrogens is 1. The molecule has 4 rings (SSSR count). The van der Waals surface area contributed by atoms with Crippen LogP contribution in [0.4, 0.5) is 14.5 Å². The smallest absolute Gasteiger partial charge is 0.232 e. The van der Waals surface area contributed by atoms with Crippen LogP contribution in [-0.4, -0.2) is 37.7 Å². The van der Waals surface area contributed by atoms with E-state index in [1.165, 1.54) is 25.2 Å². The van der Waals surface area contributed by atoms with E-state index in [0.29, 0.717) is 17.5 Å². The average molecular weight is 538 g/mol. The van der Waals surface area contributed by atoms with E-state index in [-0.39, 0.29) is 17.9 Å². The Morgan fingerprint density at radius 1 is 1.03 bits per heavy atom. The molecule has 1 saturated carbocycles. The van der Waals surface area contributed by atoms with Gasteiger partial charge in [-0.3, -0.25) is 4.72 Å². The molecule has 1 aliphatic rings. The molecule has 1 fully saturated rings. The Kier molecular flexibility index (Phi) is 12.4. The summed E-state index contributed by atoms with van der Waals surface area (Å²) >= 11 is 0. The van der Waals surface area contributed by atoms with Crippen molar-refractivity contribution < 1.29 is 17.2 Å². The zero-order chi connectivity index (χ0) is 27.4. The molecule has 0 spiro atoms. The van der Waals surface area contributed by atoms with E-state index in [9.17, 15) is 17.2 Å². The van der Waals surface area contributed by atoms with E-state index >= 15 is 0 Å². The minimum atomic E-state index is -3.32. The molecule has 1 heterocycles. The number of halogens is 2. The first-order valence-corrected chi connectivity index (χ1v) is 14.7. The van der Waals surface area contributed by atoms with Crippen molar-refractivity contribution in [2.24, 2.45) is 17.6 Å². The van der Waals surface area contributed by atoms with Crippen LogP contribution in [0, 0.1) is 23.5 Å². The maximum absolute atomic E-state index is 13.7. The van der Waals surface area contributed by atoms with Gasteiger partial charge < -0.3 is 16.0 Å². The van der Waals surface area contributed by atoms with Gasteiger partial charge in [0.15, 0.2) is 0 Å². The molecule has 5 N–H and O–H groups in total. The molecule has 37 heavy (non-hydrogen) atoms. The van der Waals surface area contributed by atoms with Crippen LogP contribution < -0.4 is 15.8 Å². The van der Waals surface area contributed by atoms with Gasteiger partial charge in [-0.2, -0.15) is 0 Å². The van der Waals surface area contributed by atoms with Crippen LogP contribution in [0.5, 0.6) is 0 Å². The lowest BCUT2D eigenvalue weighted by atomic mass is 9.80. The van der Waals surface area contributed by atoms with Gasteiger partial charge in [-0.15, -0.1) is 0 Å². The van der Waals surface area contributed by atoms with Gasteiger partial charge in [0, 0.05) is 18.5 Å². The second-order valence-corrected chi connectivity index (χ2v) is 10.9.